The molecule has 0 aliphatic carbocycles. The highest BCUT2D eigenvalue weighted by molar-refractivity contribution is 9.10. The quantitative estimate of drug-likeness (QED) is 0.734. The number of carbonyl (C=O) groups is 1. The van der Waals surface area contributed by atoms with Gasteiger partial charge in [-0.3, -0.25) is 0 Å². The zero-order chi connectivity index (χ0) is 14.0. The molecule has 0 aromatic heterocycles. The predicted octanol–water partition coefficient (Wildman–Crippen LogP) is 4.13. The van der Waals surface area contributed by atoms with Crippen LogP contribution in [0.3, 0.4) is 0 Å². The maximum atomic E-state index is 11.2. The maximum absolute atomic E-state index is 11.2. The molecule has 6 heteroatoms. The highest BCUT2D eigenvalue weighted by Crippen LogP contribution is 2.32. The van der Waals surface area contributed by atoms with Crippen molar-refractivity contribution >= 4 is 50.6 Å². The molecule has 0 spiro atoms. The summed E-state index contributed by atoms with van der Waals surface area (Å²) in [5.74, 6) is -1.05. The second-order valence-corrected chi connectivity index (χ2v) is 5.15. The third-order valence-electron chi connectivity index (χ3n) is 2.52. The van der Waals surface area contributed by atoms with Crippen molar-refractivity contribution in [2.24, 2.45) is 0 Å². The largest absolute Gasteiger partial charge is 0.478 e. The fourth-order valence-electron chi connectivity index (χ4n) is 1.61. The van der Waals surface area contributed by atoms with Crippen LogP contribution in [0.15, 0.2) is 40.9 Å². The Morgan fingerprint density at radius 3 is 2.68 bits per heavy atom. The Morgan fingerprint density at radius 1 is 1.32 bits per heavy atom. The van der Waals surface area contributed by atoms with E-state index < -0.39 is 5.97 Å². The smallest absolute Gasteiger partial charge is 0.337 e. The summed E-state index contributed by atoms with van der Waals surface area (Å²) in [5, 5.41) is 12.6. The summed E-state index contributed by atoms with van der Waals surface area (Å²) >= 11 is 9.39. The van der Waals surface area contributed by atoms with E-state index in [1.54, 1.807) is 30.3 Å². The predicted molar refractivity (Wildman–Crippen MR) is 80.2 cm³/mol. The number of hydrogen-bond donors (Lipinski definition) is 3. The van der Waals surface area contributed by atoms with Gasteiger partial charge >= 0.3 is 5.97 Å². The molecule has 0 fully saturated rings. The average molecular weight is 342 g/mol. The van der Waals surface area contributed by atoms with Gasteiger partial charge in [-0.1, -0.05) is 33.6 Å². The SMILES string of the molecule is Nc1cccc(C(=O)O)c1Nc1ccc(Br)cc1Cl. The first kappa shape index (κ1) is 13.7. The molecule has 19 heavy (non-hydrogen) atoms. The van der Waals surface area contributed by atoms with E-state index >= 15 is 0 Å². The maximum Gasteiger partial charge on any atom is 0.337 e. The van der Waals surface area contributed by atoms with Gasteiger partial charge in [0.05, 0.1) is 27.6 Å². The van der Waals surface area contributed by atoms with Gasteiger partial charge in [0.15, 0.2) is 0 Å². The van der Waals surface area contributed by atoms with Gasteiger partial charge in [0.1, 0.15) is 0 Å². The highest BCUT2D eigenvalue weighted by Gasteiger charge is 2.13. The minimum Gasteiger partial charge on any atom is -0.478 e. The Bertz CT molecular complexity index is 647. The van der Waals surface area contributed by atoms with Crippen LogP contribution in [0, 0.1) is 0 Å². The van der Waals surface area contributed by atoms with Crippen molar-refractivity contribution in [2.45, 2.75) is 0 Å². The molecule has 0 aliphatic rings. The van der Waals surface area contributed by atoms with Crippen molar-refractivity contribution < 1.29 is 9.90 Å². The number of para-hydroxylation sites is 1. The van der Waals surface area contributed by atoms with Crippen LogP contribution in [0.25, 0.3) is 0 Å². The molecule has 4 nitrogen and oxygen atoms in total. The van der Waals surface area contributed by atoms with E-state index in [4.69, 9.17) is 22.4 Å². The molecule has 0 radical (unpaired) electrons. The summed E-state index contributed by atoms with van der Waals surface area (Å²) in [6.45, 7) is 0. The number of nitrogens with one attached hydrogen (secondary N) is 1. The number of halogens is 2. The molecule has 0 heterocycles. The van der Waals surface area contributed by atoms with Crippen LogP contribution >= 0.6 is 27.5 Å². The van der Waals surface area contributed by atoms with Crippen LogP contribution in [-0.2, 0) is 0 Å². The number of nitrogen functional groups attached to an aromatic ring is 1. The molecule has 0 amide bonds. The van der Waals surface area contributed by atoms with Crippen LogP contribution in [0.1, 0.15) is 10.4 Å². The summed E-state index contributed by atoms with van der Waals surface area (Å²) in [7, 11) is 0. The van der Waals surface area contributed by atoms with Crippen molar-refractivity contribution in [1.29, 1.82) is 0 Å². The lowest BCUT2D eigenvalue weighted by Gasteiger charge is -2.13. The molecule has 0 saturated heterocycles. The van der Waals surface area contributed by atoms with Gasteiger partial charge in [0.2, 0.25) is 0 Å². The standard InChI is InChI=1S/C13H10BrClN2O2/c14-7-4-5-11(9(15)6-7)17-12-8(13(18)19)2-1-3-10(12)16/h1-6,17H,16H2,(H,18,19). The van der Waals surface area contributed by atoms with Gasteiger partial charge in [0.25, 0.3) is 0 Å². The van der Waals surface area contributed by atoms with E-state index in [2.05, 4.69) is 21.2 Å². The number of carboxylic acid groups (broad SMARTS) is 1. The summed E-state index contributed by atoms with van der Waals surface area (Å²) in [6.07, 6.45) is 0. The van der Waals surface area contributed by atoms with Gasteiger partial charge < -0.3 is 16.2 Å². The normalized spacial score (nSPS) is 10.2. The number of anilines is 3. The van der Waals surface area contributed by atoms with Gasteiger partial charge in [-0.25, -0.2) is 4.79 Å². The zero-order valence-corrected chi connectivity index (χ0v) is 12.0. The molecule has 0 bridgehead atoms. The molecule has 2 aromatic carbocycles. The number of aromatic carboxylic acids is 1. The van der Waals surface area contributed by atoms with Crippen molar-refractivity contribution in [3.8, 4) is 0 Å². The lowest BCUT2D eigenvalue weighted by Crippen LogP contribution is -2.05. The third-order valence-corrected chi connectivity index (χ3v) is 3.32. The van der Waals surface area contributed by atoms with Crippen LogP contribution in [0.4, 0.5) is 17.1 Å². The minimum atomic E-state index is -1.05. The fourth-order valence-corrected chi connectivity index (χ4v) is 2.33. The van der Waals surface area contributed by atoms with Crippen LogP contribution in [-0.4, -0.2) is 11.1 Å². The first-order chi connectivity index (χ1) is 8.99. The first-order valence-corrected chi connectivity index (χ1v) is 6.50. The van der Waals surface area contributed by atoms with Gasteiger partial charge in [-0.2, -0.15) is 0 Å². The van der Waals surface area contributed by atoms with Crippen molar-refractivity contribution in [2.75, 3.05) is 11.1 Å². The number of rotatable bonds is 3. The third kappa shape index (κ3) is 3.00. The molecule has 0 aliphatic heterocycles. The average Bonchev–Trinajstić information content (AvgIpc) is 2.34. The molecule has 98 valence electrons. The highest BCUT2D eigenvalue weighted by atomic mass is 79.9. The Labute approximate surface area is 123 Å². The molecule has 0 saturated carbocycles. The second kappa shape index (κ2) is 5.50. The zero-order valence-electron chi connectivity index (χ0n) is 9.65. The molecule has 2 aromatic rings. The van der Waals surface area contributed by atoms with Crippen molar-refractivity contribution in [3.63, 3.8) is 0 Å². The number of nitrogens with two attached hydrogens (primary N) is 1. The Balaban J connectivity index is 2.46. The van der Waals surface area contributed by atoms with Crippen LogP contribution < -0.4 is 11.1 Å². The summed E-state index contributed by atoms with van der Waals surface area (Å²) in [4.78, 5) is 11.2. The van der Waals surface area contributed by atoms with E-state index in [0.717, 1.165) is 4.47 Å². The first-order valence-electron chi connectivity index (χ1n) is 5.33. The van der Waals surface area contributed by atoms with E-state index in [-0.39, 0.29) is 5.56 Å². The minimum absolute atomic E-state index is 0.0963. The van der Waals surface area contributed by atoms with E-state index in [1.165, 1.54) is 6.07 Å². The summed E-state index contributed by atoms with van der Waals surface area (Å²) in [5.41, 5.74) is 7.17. The molecule has 0 atom stereocenters. The van der Waals surface area contributed by atoms with Gasteiger partial charge in [-0.05, 0) is 30.3 Å². The van der Waals surface area contributed by atoms with Crippen LogP contribution in [0.5, 0.6) is 0 Å². The van der Waals surface area contributed by atoms with E-state index in [9.17, 15) is 4.79 Å². The topological polar surface area (TPSA) is 75.4 Å². The summed E-state index contributed by atoms with van der Waals surface area (Å²) in [6, 6.07) is 9.95. The fraction of sp³-hybridized carbons (Fsp3) is 0. The van der Waals surface area contributed by atoms with E-state index in [1.807, 2.05) is 0 Å². The molecular weight excluding hydrogens is 332 g/mol. The number of hydrogen-bond acceptors (Lipinski definition) is 3. The molecule has 2 rings (SSSR count). The lowest BCUT2D eigenvalue weighted by atomic mass is 10.1. The van der Waals surface area contributed by atoms with Crippen molar-refractivity contribution in [1.82, 2.24) is 0 Å². The van der Waals surface area contributed by atoms with E-state index in [0.29, 0.717) is 22.1 Å². The number of carboxylic acids is 1. The van der Waals surface area contributed by atoms with Gasteiger partial charge in [0, 0.05) is 4.47 Å². The summed E-state index contributed by atoms with van der Waals surface area (Å²) < 4.78 is 0.836. The lowest BCUT2D eigenvalue weighted by molar-refractivity contribution is 0.0698. The van der Waals surface area contributed by atoms with Gasteiger partial charge in [-0.15, -0.1) is 0 Å². The Morgan fingerprint density at radius 2 is 2.05 bits per heavy atom. The van der Waals surface area contributed by atoms with Crippen LogP contribution in [0.2, 0.25) is 5.02 Å². The monoisotopic (exact) mass is 340 g/mol. The second-order valence-electron chi connectivity index (χ2n) is 3.82. The number of benzene rings is 2. The Hall–Kier alpha value is -1.72. The molecule has 0 unspecified atom stereocenters. The molecule has 4 N–H and O–H groups in total. The Kier molecular flexibility index (Phi) is 3.97. The molecular formula is C13H10BrClN2O2. The van der Waals surface area contributed by atoms with Crippen molar-refractivity contribution in [3.05, 3.63) is 51.5 Å².